The van der Waals surface area contributed by atoms with Gasteiger partial charge in [-0.2, -0.15) is 0 Å². The number of amides is 1. The highest BCUT2D eigenvalue weighted by Gasteiger charge is 2.32. The Morgan fingerprint density at radius 1 is 1.28 bits per heavy atom. The molecule has 0 spiro atoms. The number of piperidine rings is 1. The highest BCUT2D eigenvalue weighted by Crippen LogP contribution is 2.37. The molecule has 0 bridgehead atoms. The fraction of sp³-hybridized carbons (Fsp3) is 0.933. The molecule has 2 fully saturated rings. The molecular weight excluding hydrogens is 224 g/mol. The molecule has 3 heteroatoms. The smallest absolute Gasteiger partial charge is 0.217 e. The van der Waals surface area contributed by atoms with Crippen molar-refractivity contribution in [3.63, 3.8) is 0 Å². The summed E-state index contributed by atoms with van der Waals surface area (Å²) in [5, 5.41) is 3.13. The average molecular weight is 252 g/mol. The van der Waals surface area contributed by atoms with Gasteiger partial charge in [0.05, 0.1) is 0 Å². The molecule has 1 amide bonds. The maximum absolute atomic E-state index is 11.2. The number of carbonyl (C=O) groups excluding carboxylic acids is 1. The third-order valence-corrected chi connectivity index (χ3v) is 4.21. The average Bonchev–Trinajstić information content (AvgIpc) is 3.09. The topological polar surface area (TPSA) is 32.3 Å². The van der Waals surface area contributed by atoms with Crippen molar-refractivity contribution in [2.45, 2.75) is 58.4 Å². The summed E-state index contributed by atoms with van der Waals surface area (Å²) in [6.45, 7) is 7.40. The summed E-state index contributed by atoms with van der Waals surface area (Å²) in [6.07, 6.45) is 8.00. The zero-order valence-corrected chi connectivity index (χ0v) is 12.0. The molecule has 3 nitrogen and oxygen atoms in total. The van der Waals surface area contributed by atoms with Crippen LogP contribution in [0, 0.1) is 11.8 Å². The fourth-order valence-electron chi connectivity index (χ4n) is 3.25. The summed E-state index contributed by atoms with van der Waals surface area (Å²) in [5.41, 5.74) is 0. The van der Waals surface area contributed by atoms with Crippen LogP contribution in [0.2, 0.25) is 0 Å². The number of hydrogen-bond acceptors (Lipinski definition) is 2. The zero-order chi connectivity index (χ0) is 13.0. The molecule has 2 rings (SSSR count). The Morgan fingerprint density at radius 2 is 2.06 bits per heavy atom. The predicted octanol–water partition coefficient (Wildman–Crippen LogP) is 2.41. The van der Waals surface area contributed by atoms with Crippen LogP contribution < -0.4 is 5.32 Å². The standard InChI is InChI=1S/C15H28N2O/c1-3-4-7-17-10-14(8-13-5-6-13)9-15(11-17)16-12(2)18/h13-15H,3-11H2,1-2H3,(H,16,18). The maximum Gasteiger partial charge on any atom is 0.217 e. The number of nitrogens with zero attached hydrogens (tertiary/aromatic N) is 1. The molecular formula is C15H28N2O. The van der Waals surface area contributed by atoms with E-state index in [0.717, 1.165) is 18.4 Å². The van der Waals surface area contributed by atoms with Crippen LogP contribution in [0.1, 0.15) is 52.4 Å². The molecule has 2 unspecified atom stereocenters. The molecule has 1 saturated carbocycles. The van der Waals surface area contributed by atoms with Crippen molar-refractivity contribution < 1.29 is 4.79 Å². The summed E-state index contributed by atoms with van der Waals surface area (Å²) >= 11 is 0. The first kappa shape index (κ1) is 13.9. The normalized spacial score (nSPS) is 29.2. The number of hydrogen-bond donors (Lipinski definition) is 1. The number of carbonyl (C=O) groups is 1. The minimum absolute atomic E-state index is 0.127. The highest BCUT2D eigenvalue weighted by molar-refractivity contribution is 5.73. The Labute approximate surface area is 111 Å². The lowest BCUT2D eigenvalue weighted by atomic mass is 9.89. The minimum Gasteiger partial charge on any atom is -0.352 e. The summed E-state index contributed by atoms with van der Waals surface area (Å²) < 4.78 is 0. The Hall–Kier alpha value is -0.570. The second kappa shape index (κ2) is 6.55. The van der Waals surface area contributed by atoms with Crippen LogP contribution in [0.3, 0.4) is 0 Å². The Balaban J connectivity index is 1.84. The third-order valence-electron chi connectivity index (χ3n) is 4.21. The van der Waals surface area contributed by atoms with Gasteiger partial charge < -0.3 is 10.2 Å². The van der Waals surface area contributed by atoms with E-state index in [2.05, 4.69) is 17.1 Å². The second-order valence-corrected chi connectivity index (χ2v) is 6.29. The summed E-state index contributed by atoms with van der Waals surface area (Å²) in [5.74, 6) is 1.93. The molecule has 104 valence electrons. The minimum atomic E-state index is 0.127. The maximum atomic E-state index is 11.2. The van der Waals surface area contributed by atoms with Crippen LogP contribution in [0.5, 0.6) is 0 Å². The summed E-state index contributed by atoms with van der Waals surface area (Å²) in [4.78, 5) is 13.8. The molecule has 0 aromatic carbocycles. The molecule has 2 atom stereocenters. The van der Waals surface area contributed by atoms with E-state index in [-0.39, 0.29) is 5.91 Å². The van der Waals surface area contributed by atoms with Crippen molar-refractivity contribution in [2.24, 2.45) is 11.8 Å². The number of rotatable bonds is 6. The first-order chi connectivity index (χ1) is 8.67. The van der Waals surface area contributed by atoms with E-state index >= 15 is 0 Å². The van der Waals surface area contributed by atoms with Crippen molar-refractivity contribution in [3.8, 4) is 0 Å². The van der Waals surface area contributed by atoms with Gasteiger partial charge in [-0.1, -0.05) is 26.2 Å². The monoisotopic (exact) mass is 252 g/mol. The lowest BCUT2D eigenvalue weighted by Gasteiger charge is -2.38. The lowest BCUT2D eigenvalue weighted by molar-refractivity contribution is -0.120. The highest BCUT2D eigenvalue weighted by atomic mass is 16.1. The molecule has 0 radical (unpaired) electrons. The first-order valence-electron chi connectivity index (χ1n) is 7.66. The number of unbranched alkanes of at least 4 members (excludes halogenated alkanes) is 1. The fourth-order valence-corrected chi connectivity index (χ4v) is 3.25. The molecule has 1 N–H and O–H groups in total. The van der Waals surface area contributed by atoms with E-state index in [1.54, 1.807) is 6.92 Å². The molecule has 2 aliphatic rings. The summed E-state index contributed by atoms with van der Waals surface area (Å²) in [7, 11) is 0. The second-order valence-electron chi connectivity index (χ2n) is 6.29. The van der Waals surface area contributed by atoms with Crippen LogP contribution in [0.4, 0.5) is 0 Å². The molecule has 0 aromatic rings. The van der Waals surface area contributed by atoms with E-state index in [4.69, 9.17) is 0 Å². The van der Waals surface area contributed by atoms with Gasteiger partial charge in [0.15, 0.2) is 0 Å². The van der Waals surface area contributed by atoms with Crippen LogP contribution in [0.15, 0.2) is 0 Å². The number of likely N-dealkylation sites (tertiary alicyclic amines) is 1. The van der Waals surface area contributed by atoms with Crippen molar-refractivity contribution in [1.29, 1.82) is 0 Å². The molecule has 1 aliphatic carbocycles. The SMILES string of the molecule is CCCCN1CC(CC2CC2)CC(NC(C)=O)C1. The molecule has 18 heavy (non-hydrogen) atoms. The van der Waals surface area contributed by atoms with Gasteiger partial charge in [-0.25, -0.2) is 0 Å². The number of nitrogens with one attached hydrogen (secondary N) is 1. The first-order valence-corrected chi connectivity index (χ1v) is 7.66. The van der Waals surface area contributed by atoms with E-state index in [0.29, 0.717) is 6.04 Å². The van der Waals surface area contributed by atoms with Crippen molar-refractivity contribution in [2.75, 3.05) is 19.6 Å². The molecule has 1 heterocycles. The van der Waals surface area contributed by atoms with Crippen molar-refractivity contribution in [1.82, 2.24) is 10.2 Å². The zero-order valence-electron chi connectivity index (χ0n) is 12.0. The van der Waals surface area contributed by atoms with Crippen LogP contribution in [0.25, 0.3) is 0 Å². The van der Waals surface area contributed by atoms with E-state index in [9.17, 15) is 4.79 Å². The Bertz CT molecular complexity index is 276. The van der Waals surface area contributed by atoms with Gasteiger partial charge in [0.2, 0.25) is 5.91 Å². The molecule has 0 aromatic heterocycles. The van der Waals surface area contributed by atoms with E-state index in [1.807, 2.05) is 0 Å². The molecule has 1 saturated heterocycles. The van der Waals surface area contributed by atoms with Gasteiger partial charge in [0.25, 0.3) is 0 Å². The van der Waals surface area contributed by atoms with Crippen LogP contribution >= 0.6 is 0 Å². The quantitative estimate of drug-likeness (QED) is 0.787. The largest absolute Gasteiger partial charge is 0.352 e. The van der Waals surface area contributed by atoms with Gasteiger partial charge in [-0.05, 0) is 37.6 Å². The van der Waals surface area contributed by atoms with Gasteiger partial charge >= 0.3 is 0 Å². The Kier molecular flexibility index (Phi) is 5.04. The van der Waals surface area contributed by atoms with E-state index in [1.165, 1.54) is 51.6 Å². The van der Waals surface area contributed by atoms with Gasteiger partial charge in [-0.15, -0.1) is 0 Å². The van der Waals surface area contributed by atoms with Gasteiger partial charge in [0, 0.05) is 26.1 Å². The molecule has 1 aliphatic heterocycles. The van der Waals surface area contributed by atoms with Crippen molar-refractivity contribution >= 4 is 5.91 Å². The lowest BCUT2D eigenvalue weighted by Crippen LogP contribution is -2.50. The van der Waals surface area contributed by atoms with Gasteiger partial charge in [0.1, 0.15) is 0 Å². The van der Waals surface area contributed by atoms with Crippen LogP contribution in [-0.4, -0.2) is 36.5 Å². The summed E-state index contributed by atoms with van der Waals surface area (Å²) in [6, 6.07) is 0.386. The predicted molar refractivity (Wildman–Crippen MR) is 74.4 cm³/mol. The van der Waals surface area contributed by atoms with Crippen LogP contribution in [-0.2, 0) is 4.79 Å². The van der Waals surface area contributed by atoms with E-state index < -0.39 is 0 Å². The van der Waals surface area contributed by atoms with Crippen molar-refractivity contribution in [3.05, 3.63) is 0 Å². The third kappa shape index (κ3) is 4.60. The Morgan fingerprint density at radius 3 is 2.67 bits per heavy atom. The van der Waals surface area contributed by atoms with Gasteiger partial charge in [-0.3, -0.25) is 4.79 Å².